The average Bonchev–Trinajstić information content (AvgIpc) is 3.17. The lowest BCUT2D eigenvalue weighted by Gasteiger charge is -2.11. The van der Waals surface area contributed by atoms with E-state index in [0.717, 1.165) is 21.8 Å². The predicted molar refractivity (Wildman–Crippen MR) is 114 cm³/mol. The summed E-state index contributed by atoms with van der Waals surface area (Å²) in [5, 5.41) is 22.6. The van der Waals surface area contributed by atoms with Gasteiger partial charge in [0.25, 0.3) is 21.4 Å². The summed E-state index contributed by atoms with van der Waals surface area (Å²) in [6.45, 7) is 0. The summed E-state index contributed by atoms with van der Waals surface area (Å²) in [5.41, 5.74) is -0.0909. The van der Waals surface area contributed by atoms with E-state index in [1.807, 2.05) is 6.07 Å². The van der Waals surface area contributed by atoms with Gasteiger partial charge in [-0.3, -0.25) is 25.2 Å². The molecule has 11 nitrogen and oxygen atoms in total. The second kappa shape index (κ2) is 8.15. The van der Waals surface area contributed by atoms with Crippen molar-refractivity contribution >= 4 is 32.4 Å². The van der Waals surface area contributed by atoms with E-state index in [1.165, 1.54) is 0 Å². The Morgan fingerprint density at radius 2 is 1.66 bits per heavy atom. The maximum atomic E-state index is 13.6. The molecule has 0 atom stereocenters. The van der Waals surface area contributed by atoms with E-state index in [9.17, 15) is 28.6 Å². The highest BCUT2D eigenvalue weighted by molar-refractivity contribution is 7.90. The summed E-state index contributed by atoms with van der Waals surface area (Å²) in [7, 11) is -4.51. The van der Waals surface area contributed by atoms with Crippen molar-refractivity contribution in [2.75, 3.05) is 0 Å². The summed E-state index contributed by atoms with van der Waals surface area (Å²) in [6, 6.07) is 14.3. The molecule has 0 fully saturated rings. The number of nitrogens with zero attached hydrogens (tertiary/aromatic N) is 5. The fourth-order valence-corrected chi connectivity index (χ4v) is 5.00. The summed E-state index contributed by atoms with van der Waals surface area (Å²) >= 11 is 0. The van der Waals surface area contributed by atoms with E-state index in [0.29, 0.717) is 18.0 Å². The van der Waals surface area contributed by atoms with Crippen LogP contribution in [0.1, 0.15) is 11.5 Å². The fraction of sp³-hybridized carbons (Fsp3) is 0.100. The molecule has 2 heterocycles. The molecular formula is C20H15N5O6S. The molecule has 0 saturated carbocycles. The van der Waals surface area contributed by atoms with E-state index < -0.39 is 36.1 Å². The van der Waals surface area contributed by atoms with Gasteiger partial charge < -0.3 is 0 Å². The van der Waals surface area contributed by atoms with Crippen molar-refractivity contribution in [1.82, 2.24) is 13.9 Å². The van der Waals surface area contributed by atoms with Crippen LogP contribution in [0.25, 0.3) is 11.0 Å². The van der Waals surface area contributed by atoms with Crippen molar-refractivity contribution in [1.29, 1.82) is 0 Å². The van der Waals surface area contributed by atoms with E-state index in [1.54, 1.807) is 42.6 Å². The van der Waals surface area contributed by atoms with Crippen LogP contribution in [0.4, 0.5) is 11.4 Å². The highest BCUT2D eigenvalue weighted by atomic mass is 32.2. The first-order chi connectivity index (χ1) is 15.3. The lowest BCUT2D eigenvalue weighted by atomic mass is 10.2. The number of pyridine rings is 1. The van der Waals surface area contributed by atoms with Crippen molar-refractivity contribution in [2.45, 2.75) is 17.7 Å². The van der Waals surface area contributed by atoms with Gasteiger partial charge >= 0.3 is 0 Å². The topological polar surface area (TPSA) is 151 Å². The molecule has 2 aromatic carbocycles. The minimum absolute atomic E-state index is 0.171. The van der Waals surface area contributed by atoms with Crippen LogP contribution in [0, 0.1) is 20.2 Å². The molecule has 0 N–H and O–H groups in total. The molecule has 0 bridgehead atoms. The van der Waals surface area contributed by atoms with E-state index in [2.05, 4.69) is 9.97 Å². The molecule has 4 aromatic rings. The number of hydrogen-bond donors (Lipinski definition) is 0. The molecule has 0 aliphatic rings. The Labute approximate surface area is 181 Å². The zero-order valence-corrected chi connectivity index (χ0v) is 17.2. The number of aromatic nitrogens is 3. The van der Waals surface area contributed by atoms with Gasteiger partial charge in [0.1, 0.15) is 5.82 Å². The smallest absolute Gasteiger partial charge is 0.261 e. The molecular weight excluding hydrogens is 438 g/mol. The van der Waals surface area contributed by atoms with Gasteiger partial charge in [-0.15, -0.1) is 0 Å². The van der Waals surface area contributed by atoms with E-state index in [4.69, 9.17) is 0 Å². The van der Waals surface area contributed by atoms with Crippen LogP contribution < -0.4 is 0 Å². The van der Waals surface area contributed by atoms with Crippen LogP contribution >= 0.6 is 0 Å². The van der Waals surface area contributed by atoms with Crippen LogP contribution in [0.3, 0.4) is 0 Å². The number of nitro groups is 2. The third-order valence-electron chi connectivity index (χ3n) is 4.78. The Morgan fingerprint density at radius 3 is 2.34 bits per heavy atom. The number of rotatable bonds is 7. The standard InChI is InChI=1S/C20H15N5O6S/c26-24(27)15-9-10-19(18(13-15)25(28)29)32(30,31)23-17-7-2-1-6-16(17)22-20(23)11-8-14-5-3-4-12-21-14/h1-7,9-10,12-13H,8,11H2. The zero-order chi connectivity index (χ0) is 22.9. The highest BCUT2D eigenvalue weighted by Crippen LogP contribution is 2.32. The molecule has 0 spiro atoms. The lowest BCUT2D eigenvalue weighted by Crippen LogP contribution is -2.18. The maximum Gasteiger partial charge on any atom is 0.296 e. The van der Waals surface area contributed by atoms with Gasteiger partial charge in [-0.2, -0.15) is 0 Å². The molecule has 0 aliphatic carbocycles. The fourth-order valence-electron chi connectivity index (χ4n) is 3.34. The molecule has 12 heteroatoms. The molecule has 4 rings (SSSR count). The molecule has 0 radical (unpaired) electrons. The van der Waals surface area contributed by atoms with Gasteiger partial charge in [-0.1, -0.05) is 18.2 Å². The molecule has 0 saturated heterocycles. The van der Waals surface area contributed by atoms with Gasteiger partial charge in [-0.25, -0.2) is 17.4 Å². The summed E-state index contributed by atoms with van der Waals surface area (Å²) in [5.74, 6) is 0.171. The normalized spacial score (nSPS) is 11.5. The SMILES string of the molecule is O=[N+]([O-])c1ccc(S(=O)(=O)n2c(CCc3ccccn3)nc3ccccc32)c([N+](=O)[O-])c1. The predicted octanol–water partition coefficient (Wildman–Crippen LogP) is 3.27. The first-order valence-corrected chi connectivity index (χ1v) is 10.8. The second-order valence-electron chi connectivity index (χ2n) is 6.77. The van der Waals surface area contributed by atoms with Gasteiger partial charge in [0.15, 0.2) is 4.90 Å². The van der Waals surface area contributed by atoms with Crippen LogP contribution in [0.2, 0.25) is 0 Å². The van der Waals surface area contributed by atoms with Crippen molar-refractivity contribution in [2.24, 2.45) is 0 Å². The molecule has 0 amide bonds. The van der Waals surface area contributed by atoms with Gasteiger partial charge in [0.2, 0.25) is 0 Å². The third-order valence-corrected chi connectivity index (χ3v) is 6.57. The summed E-state index contributed by atoms with van der Waals surface area (Å²) < 4.78 is 28.1. The van der Waals surface area contributed by atoms with Crippen molar-refractivity contribution in [3.05, 3.63) is 98.6 Å². The number of imidazole rings is 1. The minimum Gasteiger partial charge on any atom is -0.261 e. The molecule has 2 aromatic heterocycles. The van der Waals surface area contributed by atoms with Crippen molar-refractivity contribution in [3.63, 3.8) is 0 Å². The summed E-state index contributed by atoms with van der Waals surface area (Å²) in [4.78, 5) is 28.8. The largest absolute Gasteiger partial charge is 0.296 e. The number of fused-ring (bicyclic) bond motifs is 1. The first-order valence-electron chi connectivity index (χ1n) is 9.33. The van der Waals surface area contributed by atoms with Crippen LogP contribution in [-0.2, 0) is 22.9 Å². The lowest BCUT2D eigenvalue weighted by molar-refractivity contribution is -0.396. The number of benzene rings is 2. The Morgan fingerprint density at radius 1 is 0.906 bits per heavy atom. The van der Waals surface area contributed by atoms with Gasteiger partial charge in [0.05, 0.1) is 26.9 Å². The Hall–Kier alpha value is -4.19. The molecule has 0 aliphatic heterocycles. The number of hydrogen-bond acceptors (Lipinski definition) is 8. The second-order valence-corrected chi connectivity index (χ2v) is 8.53. The Balaban J connectivity index is 1.88. The van der Waals surface area contributed by atoms with Crippen LogP contribution in [0.15, 0.2) is 71.8 Å². The van der Waals surface area contributed by atoms with Crippen molar-refractivity contribution in [3.8, 4) is 0 Å². The number of non-ortho nitro benzene ring substituents is 1. The monoisotopic (exact) mass is 453 g/mol. The first kappa shape index (κ1) is 21.1. The quantitative estimate of drug-likeness (QED) is 0.305. The number of aryl methyl sites for hydroxylation is 2. The molecule has 32 heavy (non-hydrogen) atoms. The zero-order valence-electron chi connectivity index (χ0n) is 16.4. The van der Waals surface area contributed by atoms with Crippen LogP contribution in [-0.4, -0.2) is 32.2 Å². The van der Waals surface area contributed by atoms with Crippen molar-refractivity contribution < 1.29 is 18.3 Å². The van der Waals surface area contributed by atoms with E-state index in [-0.39, 0.29) is 17.8 Å². The molecule has 0 unspecified atom stereocenters. The average molecular weight is 453 g/mol. The molecule has 162 valence electrons. The Kier molecular flexibility index (Phi) is 5.36. The van der Waals surface area contributed by atoms with Crippen LogP contribution in [0.5, 0.6) is 0 Å². The number of nitro benzene ring substituents is 2. The summed E-state index contributed by atoms with van der Waals surface area (Å²) in [6.07, 6.45) is 2.21. The maximum absolute atomic E-state index is 13.6. The highest BCUT2D eigenvalue weighted by Gasteiger charge is 2.32. The minimum atomic E-state index is -4.51. The number of para-hydroxylation sites is 2. The van der Waals surface area contributed by atoms with Gasteiger partial charge in [0, 0.05) is 24.4 Å². The third kappa shape index (κ3) is 3.78. The van der Waals surface area contributed by atoms with Gasteiger partial charge in [-0.05, 0) is 36.8 Å². The van der Waals surface area contributed by atoms with E-state index >= 15 is 0 Å². The Bertz CT molecular complexity index is 1450.